The highest BCUT2D eigenvalue weighted by Gasteiger charge is 2.30. The first-order valence-corrected chi connectivity index (χ1v) is 10.8. The second-order valence-corrected chi connectivity index (χ2v) is 7.80. The minimum absolute atomic E-state index is 0.0288. The van der Waals surface area contributed by atoms with Gasteiger partial charge in [-0.05, 0) is 55.0 Å². The number of hydrogen-bond acceptors (Lipinski definition) is 6. The molecule has 0 unspecified atom stereocenters. The van der Waals surface area contributed by atoms with E-state index >= 15 is 0 Å². The maximum Gasteiger partial charge on any atom is 0.416 e. The smallest absolute Gasteiger partial charge is 0.323 e. The van der Waals surface area contributed by atoms with Crippen LogP contribution >= 0.6 is 0 Å². The van der Waals surface area contributed by atoms with E-state index < -0.39 is 23.7 Å². The molecule has 9 nitrogen and oxygen atoms in total. The second-order valence-electron chi connectivity index (χ2n) is 7.80. The molecule has 0 atom stereocenters. The lowest BCUT2D eigenvalue weighted by Crippen LogP contribution is -2.20. The molecule has 2 aromatic carbocycles. The molecule has 4 N–H and O–H groups in total. The number of alkyl halides is 3. The Labute approximate surface area is 209 Å². The summed E-state index contributed by atoms with van der Waals surface area (Å²) in [6.07, 6.45) is 1.59. The van der Waals surface area contributed by atoms with Crippen molar-refractivity contribution >= 4 is 40.6 Å². The molecule has 37 heavy (non-hydrogen) atoms. The quantitative estimate of drug-likeness (QED) is 0.260. The lowest BCUT2D eigenvalue weighted by atomic mass is 10.1. The third-order valence-corrected chi connectivity index (χ3v) is 5.02. The molecule has 4 aromatic rings. The van der Waals surface area contributed by atoms with Crippen molar-refractivity contribution in [3.63, 3.8) is 0 Å². The number of urea groups is 1. The lowest BCUT2D eigenvalue weighted by Gasteiger charge is -2.13. The monoisotopic (exact) mass is 507 g/mol. The van der Waals surface area contributed by atoms with Crippen LogP contribution in [0.3, 0.4) is 0 Å². The first-order valence-electron chi connectivity index (χ1n) is 10.8. The van der Waals surface area contributed by atoms with Crippen molar-refractivity contribution in [2.45, 2.75) is 13.1 Å². The molecule has 0 bridgehead atoms. The van der Waals surface area contributed by atoms with Crippen molar-refractivity contribution in [3.05, 3.63) is 96.1 Å². The van der Waals surface area contributed by atoms with E-state index in [0.29, 0.717) is 22.9 Å². The minimum Gasteiger partial charge on any atom is -0.323 e. The van der Waals surface area contributed by atoms with Gasteiger partial charge in [-0.1, -0.05) is 12.1 Å². The van der Waals surface area contributed by atoms with Crippen molar-refractivity contribution in [3.8, 4) is 0 Å². The van der Waals surface area contributed by atoms with Crippen molar-refractivity contribution in [1.82, 2.24) is 15.0 Å². The molecular weight excluding hydrogens is 487 g/mol. The zero-order valence-corrected chi connectivity index (χ0v) is 19.3. The third kappa shape index (κ3) is 6.78. The maximum absolute atomic E-state index is 12.9. The molecule has 0 aliphatic heterocycles. The molecule has 0 aliphatic rings. The molecule has 0 spiro atoms. The Morgan fingerprint density at radius 3 is 2.16 bits per heavy atom. The summed E-state index contributed by atoms with van der Waals surface area (Å²) >= 11 is 0. The fourth-order valence-electron chi connectivity index (χ4n) is 3.23. The van der Waals surface area contributed by atoms with E-state index in [1.165, 1.54) is 30.6 Å². The van der Waals surface area contributed by atoms with Crippen LogP contribution in [0.25, 0.3) is 0 Å². The number of carbonyl (C=O) groups excluding carboxylic acids is 2. The van der Waals surface area contributed by atoms with Crippen molar-refractivity contribution in [2.24, 2.45) is 0 Å². The Balaban J connectivity index is 1.39. The molecule has 0 saturated heterocycles. The summed E-state index contributed by atoms with van der Waals surface area (Å²) in [5, 5.41) is 10.5. The van der Waals surface area contributed by atoms with Crippen molar-refractivity contribution in [1.29, 1.82) is 0 Å². The number of amides is 3. The molecule has 0 radical (unpaired) electrons. The highest BCUT2D eigenvalue weighted by molar-refractivity contribution is 6.07. The number of carbonyl (C=O) groups is 2. The van der Waals surface area contributed by atoms with E-state index in [1.807, 2.05) is 0 Å². The molecule has 2 heterocycles. The van der Waals surface area contributed by atoms with Gasteiger partial charge < -0.3 is 21.3 Å². The van der Waals surface area contributed by atoms with E-state index in [2.05, 4.69) is 36.2 Å². The number of benzene rings is 2. The first-order chi connectivity index (χ1) is 17.7. The summed E-state index contributed by atoms with van der Waals surface area (Å²) in [6.45, 7) is 1.72. The Bertz CT molecular complexity index is 1410. The molecule has 12 heteroatoms. The van der Waals surface area contributed by atoms with Gasteiger partial charge in [0.25, 0.3) is 5.91 Å². The predicted octanol–water partition coefficient (Wildman–Crippen LogP) is 5.84. The Hall–Kier alpha value is -5.00. The SMILES string of the molecule is Cc1ccc(NC(=O)Nc2cccc(C(F)(F)F)c2)cc1C(=O)Nc1cnc(Nc2cccnc2)nc1. The Kier molecular flexibility index (Phi) is 7.28. The maximum atomic E-state index is 12.9. The fraction of sp³-hybridized carbons (Fsp3) is 0.0800. The van der Waals surface area contributed by atoms with Gasteiger partial charge >= 0.3 is 12.2 Å². The largest absolute Gasteiger partial charge is 0.416 e. The van der Waals surface area contributed by atoms with Gasteiger partial charge in [0.05, 0.1) is 35.5 Å². The average molecular weight is 507 g/mol. The van der Waals surface area contributed by atoms with Crippen LogP contribution in [0.15, 0.2) is 79.4 Å². The number of nitrogens with zero attached hydrogens (tertiary/aromatic N) is 3. The van der Waals surface area contributed by atoms with E-state index in [9.17, 15) is 22.8 Å². The number of rotatable bonds is 6. The highest BCUT2D eigenvalue weighted by atomic mass is 19.4. The molecule has 0 saturated carbocycles. The predicted molar refractivity (Wildman–Crippen MR) is 133 cm³/mol. The van der Waals surface area contributed by atoms with Gasteiger partial charge in [-0.3, -0.25) is 9.78 Å². The zero-order valence-electron chi connectivity index (χ0n) is 19.3. The van der Waals surface area contributed by atoms with Gasteiger partial charge in [-0.25, -0.2) is 14.8 Å². The molecule has 3 amide bonds. The first kappa shape index (κ1) is 25.1. The van der Waals surface area contributed by atoms with Gasteiger partial charge in [-0.15, -0.1) is 0 Å². The van der Waals surface area contributed by atoms with E-state index in [-0.39, 0.29) is 16.9 Å². The number of hydrogen-bond donors (Lipinski definition) is 4. The van der Waals surface area contributed by atoms with Crippen molar-refractivity contribution in [2.75, 3.05) is 21.3 Å². The normalized spacial score (nSPS) is 10.9. The number of pyridine rings is 1. The third-order valence-electron chi connectivity index (χ3n) is 5.02. The fourth-order valence-corrected chi connectivity index (χ4v) is 3.23. The second kappa shape index (κ2) is 10.7. The molecule has 4 rings (SSSR count). The van der Waals surface area contributed by atoms with Gasteiger partial charge in [-0.2, -0.15) is 13.2 Å². The molecular formula is C25H20F3N7O2. The van der Waals surface area contributed by atoms with Crippen LogP contribution < -0.4 is 21.3 Å². The number of halogens is 3. The molecule has 0 fully saturated rings. The van der Waals surface area contributed by atoms with Gasteiger partial charge in [0, 0.05) is 23.1 Å². The summed E-state index contributed by atoms with van der Waals surface area (Å²) < 4.78 is 38.7. The molecule has 2 aromatic heterocycles. The van der Waals surface area contributed by atoms with Gasteiger partial charge in [0.2, 0.25) is 5.95 Å². The number of anilines is 5. The summed E-state index contributed by atoms with van der Waals surface area (Å²) in [6, 6.07) is 11.7. The number of nitrogens with one attached hydrogen (secondary N) is 4. The van der Waals surface area contributed by atoms with E-state index in [0.717, 1.165) is 12.1 Å². The lowest BCUT2D eigenvalue weighted by molar-refractivity contribution is -0.137. The number of aromatic nitrogens is 3. The Morgan fingerprint density at radius 2 is 1.49 bits per heavy atom. The van der Waals surface area contributed by atoms with Crippen LogP contribution in [0.2, 0.25) is 0 Å². The van der Waals surface area contributed by atoms with Crippen LogP contribution in [0.4, 0.5) is 46.7 Å². The summed E-state index contributed by atoms with van der Waals surface area (Å²) in [5.41, 5.74) is 1.32. The highest BCUT2D eigenvalue weighted by Crippen LogP contribution is 2.30. The topological polar surface area (TPSA) is 121 Å². The van der Waals surface area contributed by atoms with Crippen LogP contribution in [-0.4, -0.2) is 26.9 Å². The molecule has 0 aliphatic carbocycles. The van der Waals surface area contributed by atoms with Crippen molar-refractivity contribution < 1.29 is 22.8 Å². The summed E-state index contributed by atoms with van der Waals surface area (Å²) in [7, 11) is 0. The minimum atomic E-state index is -4.53. The summed E-state index contributed by atoms with van der Waals surface area (Å²) in [4.78, 5) is 37.5. The van der Waals surface area contributed by atoms with Crippen LogP contribution in [0, 0.1) is 6.92 Å². The zero-order chi connectivity index (χ0) is 26.4. The summed E-state index contributed by atoms with van der Waals surface area (Å²) in [5.74, 6) is -0.142. The van der Waals surface area contributed by atoms with E-state index in [4.69, 9.17) is 0 Å². The van der Waals surface area contributed by atoms with Crippen LogP contribution in [0.5, 0.6) is 0 Å². The standard InChI is InChI=1S/C25H20F3N7O2/c1-15-7-8-18(35-24(37)34-17-5-2-4-16(10-17)25(26,27)28)11-21(15)22(36)32-20-13-30-23(31-14-20)33-19-6-3-9-29-12-19/h2-14H,1H3,(H,32,36)(H,30,31,33)(H2,34,35,37). The average Bonchev–Trinajstić information content (AvgIpc) is 2.86. The van der Waals surface area contributed by atoms with Crippen LogP contribution in [0.1, 0.15) is 21.5 Å². The van der Waals surface area contributed by atoms with Gasteiger partial charge in [0.15, 0.2) is 0 Å². The van der Waals surface area contributed by atoms with Gasteiger partial charge in [0.1, 0.15) is 0 Å². The molecule has 188 valence electrons. The van der Waals surface area contributed by atoms with Crippen LogP contribution in [-0.2, 0) is 6.18 Å². The van der Waals surface area contributed by atoms with E-state index in [1.54, 1.807) is 43.6 Å². The number of aryl methyl sites for hydroxylation is 1. The Morgan fingerprint density at radius 1 is 0.784 bits per heavy atom.